The monoisotopic (exact) mass is 442 g/mol. The maximum Gasteiger partial charge on any atom is 0.372 e. The van der Waals surface area contributed by atoms with Crippen molar-refractivity contribution in [2.24, 2.45) is 4.99 Å². The van der Waals surface area contributed by atoms with Gasteiger partial charge in [-0.15, -0.1) is 0 Å². The summed E-state index contributed by atoms with van der Waals surface area (Å²) in [5, 5.41) is 3.58. The lowest BCUT2D eigenvalue weighted by Gasteiger charge is -2.24. The molecule has 1 unspecified atom stereocenters. The summed E-state index contributed by atoms with van der Waals surface area (Å²) in [4.78, 5) is 9.27. The van der Waals surface area contributed by atoms with E-state index < -0.39 is 14.9 Å². The van der Waals surface area contributed by atoms with Gasteiger partial charge in [0.25, 0.3) is 0 Å². The van der Waals surface area contributed by atoms with Crippen LogP contribution in [0.3, 0.4) is 0 Å². The maximum atomic E-state index is 11.8. The normalized spacial score (nSPS) is 21.6. The summed E-state index contributed by atoms with van der Waals surface area (Å²) < 4.78 is 39.0. The first kappa shape index (κ1) is 22.3. The van der Waals surface area contributed by atoms with Gasteiger partial charge in [-0.2, -0.15) is 18.2 Å². The number of rotatable bonds is 10. The van der Waals surface area contributed by atoms with Crippen LogP contribution in [0.1, 0.15) is 0 Å². The van der Waals surface area contributed by atoms with Crippen molar-refractivity contribution >= 4 is 45.0 Å². The zero-order valence-corrected chi connectivity index (χ0v) is 17.3. The SMILES string of the molecule is COCCOCCO[N+]1(OS(C)(=O)=O)CCNC1=Nc1c(Cl)cccc1Cl. The molecule has 2 rings (SSSR count). The number of benzene rings is 1. The Bertz CT molecular complexity index is 757. The van der Waals surface area contributed by atoms with E-state index in [0.29, 0.717) is 29.8 Å². The summed E-state index contributed by atoms with van der Waals surface area (Å²) in [5.74, 6) is 0.118. The number of halogens is 2. The highest BCUT2D eigenvalue weighted by molar-refractivity contribution is 7.85. The molecule has 12 heteroatoms. The van der Waals surface area contributed by atoms with Gasteiger partial charge >= 0.3 is 16.1 Å². The number of para-hydroxylation sites is 1. The number of nitrogens with zero attached hydrogens (tertiary/aromatic N) is 2. The average Bonchev–Trinajstić information content (AvgIpc) is 2.95. The fourth-order valence-corrected chi connectivity index (χ4v) is 3.39. The van der Waals surface area contributed by atoms with Gasteiger partial charge in [-0.1, -0.05) is 29.3 Å². The Balaban J connectivity index is 2.24. The maximum absolute atomic E-state index is 11.8. The van der Waals surface area contributed by atoms with Crippen LogP contribution in [-0.2, 0) is 28.7 Å². The Morgan fingerprint density at radius 1 is 1.19 bits per heavy atom. The molecule has 0 saturated carbocycles. The van der Waals surface area contributed by atoms with Crippen LogP contribution < -0.4 is 5.32 Å². The van der Waals surface area contributed by atoms with Gasteiger partial charge < -0.3 is 14.8 Å². The van der Waals surface area contributed by atoms with E-state index >= 15 is 0 Å². The highest BCUT2D eigenvalue weighted by Gasteiger charge is 2.49. The lowest BCUT2D eigenvalue weighted by molar-refractivity contribution is -1.16. The smallest absolute Gasteiger partial charge is 0.372 e. The van der Waals surface area contributed by atoms with E-state index in [1.165, 1.54) is 0 Å². The zero-order valence-electron chi connectivity index (χ0n) is 15.0. The third-order valence-corrected chi connectivity index (χ3v) is 4.50. The topological polar surface area (TPSA) is 95.5 Å². The van der Waals surface area contributed by atoms with Crippen LogP contribution in [0.15, 0.2) is 23.2 Å². The van der Waals surface area contributed by atoms with E-state index in [0.717, 1.165) is 6.26 Å². The summed E-state index contributed by atoms with van der Waals surface area (Å²) in [6.45, 7) is 1.67. The molecule has 0 bridgehead atoms. The summed E-state index contributed by atoms with van der Waals surface area (Å²) in [6.07, 6.45) is 0.934. The largest absolute Gasteiger partial charge is 0.382 e. The lowest BCUT2D eigenvalue weighted by Crippen LogP contribution is -2.52. The molecule has 1 N–H and O–H groups in total. The van der Waals surface area contributed by atoms with Gasteiger partial charge in [-0.3, -0.25) is 0 Å². The number of ether oxygens (including phenoxy) is 2. The van der Waals surface area contributed by atoms with Gasteiger partial charge in [-0.25, -0.2) is 0 Å². The average molecular weight is 443 g/mol. The molecule has 1 heterocycles. The summed E-state index contributed by atoms with van der Waals surface area (Å²) in [6, 6.07) is 4.93. The number of aliphatic imine (C=N–C) groups is 1. The molecular weight excluding hydrogens is 421 g/mol. The minimum Gasteiger partial charge on any atom is -0.382 e. The molecule has 9 nitrogen and oxygen atoms in total. The van der Waals surface area contributed by atoms with Crippen molar-refractivity contribution in [1.29, 1.82) is 0 Å². The highest BCUT2D eigenvalue weighted by atomic mass is 35.5. The second kappa shape index (κ2) is 9.99. The Morgan fingerprint density at radius 3 is 2.48 bits per heavy atom. The predicted octanol–water partition coefficient (Wildman–Crippen LogP) is 1.89. The van der Waals surface area contributed by atoms with Crippen molar-refractivity contribution in [3.05, 3.63) is 28.2 Å². The Hall–Kier alpha value is -0.980. The van der Waals surface area contributed by atoms with Crippen molar-refractivity contribution in [2.45, 2.75) is 0 Å². The Kier molecular flexibility index (Phi) is 8.25. The van der Waals surface area contributed by atoms with Crippen molar-refractivity contribution in [3.8, 4) is 0 Å². The van der Waals surface area contributed by atoms with E-state index in [1.54, 1.807) is 25.3 Å². The first-order chi connectivity index (χ1) is 12.8. The van der Waals surface area contributed by atoms with Crippen LogP contribution in [0.2, 0.25) is 10.0 Å². The minimum atomic E-state index is -3.86. The molecular formula is C15H22Cl2N3O6S+. The van der Waals surface area contributed by atoms with E-state index in [9.17, 15) is 8.42 Å². The van der Waals surface area contributed by atoms with Crippen LogP contribution in [0.25, 0.3) is 0 Å². The molecule has 1 atom stereocenters. The number of hydrogen-bond acceptors (Lipinski definition) is 7. The van der Waals surface area contributed by atoms with E-state index in [2.05, 4.69) is 10.3 Å². The van der Waals surface area contributed by atoms with Crippen LogP contribution in [-0.4, -0.2) is 72.1 Å². The molecule has 1 aromatic rings. The van der Waals surface area contributed by atoms with Gasteiger partial charge in [0.2, 0.25) is 0 Å². The van der Waals surface area contributed by atoms with Crippen molar-refractivity contribution in [1.82, 2.24) is 5.32 Å². The fourth-order valence-electron chi connectivity index (χ4n) is 2.29. The van der Waals surface area contributed by atoms with Crippen LogP contribution in [0.4, 0.5) is 5.69 Å². The third kappa shape index (κ3) is 6.54. The summed E-state index contributed by atoms with van der Waals surface area (Å²) in [7, 11) is -2.30. The van der Waals surface area contributed by atoms with Crippen molar-refractivity contribution in [2.75, 3.05) is 52.9 Å². The third-order valence-electron chi connectivity index (χ3n) is 3.38. The van der Waals surface area contributed by atoms with Gasteiger partial charge in [0.05, 0.1) is 42.7 Å². The van der Waals surface area contributed by atoms with Gasteiger partial charge in [0.15, 0.2) is 6.54 Å². The fraction of sp³-hybridized carbons (Fsp3) is 0.533. The number of hydroxylamine groups is 4. The summed E-state index contributed by atoms with van der Waals surface area (Å²) in [5.41, 5.74) is 0.282. The van der Waals surface area contributed by atoms with Crippen molar-refractivity contribution < 1.29 is 31.8 Å². The molecule has 1 fully saturated rings. The Morgan fingerprint density at radius 2 is 1.85 bits per heavy atom. The number of guanidine groups is 1. The molecule has 0 aliphatic carbocycles. The summed E-state index contributed by atoms with van der Waals surface area (Å²) >= 11 is 12.3. The molecule has 0 amide bonds. The van der Waals surface area contributed by atoms with Crippen molar-refractivity contribution in [3.63, 3.8) is 0 Å². The number of methoxy groups -OCH3 is 1. The number of hydrogen-bond donors (Lipinski definition) is 1. The van der Waals surface area contributed by atoms with Gasteiger partial charge in [0.1, 0.15) is 12.3 Å². The molecule has 27 heavy (non-hydrogen) atoms. The van der Waals surface area contributed by atoms with E-state index in [1.807, 2.05) is 0 Å². The first-order valence-corrected chi connectivity index (χ1v) is 10.6. The molecule has 1 aromatic carbocycles. The zero-order chi connectivity index (χ0) is 19.9. The van der Waals surface area contributed by atoms with Crippen LogP contribution in [0.5, 0.6) is 0 Å². The number of quaternary nitrogens is 1. The molecule has 0 aromatic heterocycles. The van der Waals surface area contributed by atoms with E-state index in [4.69, 9.17) is 41.8 Å². The van der Waals surface area contributed by atoms with Gasteiger partial charge in [-0.05, 0) is 16.4 Å². The molecule has 1 aliphatic heterocycles. The highest BCUT2D eigenvalue weighted by Crippen LogP contribution is 2.34. The molecule has 152 valence electrons. The first-order valence-electron chi connectivity index (χ1n) is 8.05. The second-order valence-electron chi connectivity index (χ2n) is 5.55. The quantitative estimate of drug-likeness (QED) is 0.436. The molecule has 1 aliphatic rings. The Labute approximate surface area is 168 Å². The lowest BCUT2D eigenvalue weighted by atomic mass is 10.3. The minimum absolute atomic E-state index is 0.0657. The number of nitrogens with one attached hydrogen (secondary N) is 1. The predicted molar refractivity (Wildman–Crippen MR) is 101 cm³/mol. The molecule has 1 saturated heterocycles. The van der Waals surface area contributed by atoms with E-state index in [-0.39, 0.29) is 31.4 Å². The van der Waals surface area contributed by atoms with Gasteiger partial charge in [0, 0.05) is 11.9 Å². The molecule has 0 radical (unpaired) electrons. The second-order valence-corrected chi connectivity index (χ2v) is 7.92. The van der Waals surface area contributed by atoms with Crippen LogP contribution >= 0.6 is 23.2 Å². The standard InChI is InChI=1S/C15H22Cl2N3O6S/c1-23-8-9-24-10-11-25-20(26-27(2,21)22)7-6-18-15(20)19-14-12(16)4-3-5-13(14)17/h3-5H,6-11H2,1-2H3,(H,18,19)/q+1. The molecule has 0 spiro atoms. The van der Waals surface area contributed by atoms with Crippen LogP contribution in [0, 0.1) is 0 Å².